The second kappa shape index (κ2) is 6.30. The lowest BCUT2D eigenvalue weighted by Gasteiger charge is -2.38. The Bertz CT molecular complexity index is 477. The van der Waals surface area contributed by atoms with Crippen LogP contribution in [0.3, 0.4) is 0 Å². The molecule has 0 radical (unpaired) electrons. The van der Waals surface area contributed by atoms with Crippen LogP contribution in [0.2, 0.25) is 0 Å². The minimum Gasteiger partial charge on any atom is -0.389 e. The van der Waals surface area contributed by atoms with E-state index >= 15 is 0 Å². The van der Waals surface area contributed by atoms with E-state index in [0.717, 1.165) is 31.7 Å². The molecule has 4 nitrogen and oxygen atoms in total. The summed E-state index contributed by atoms with van der Waals surface area (Å²) in [5, 5.41) is 9.85. The van der Waals surface area contributed by atoms with Crippen molar-refractivity contribution >= 4 is 5.69 Å². The molecule has 3 N–H and O–H groups in total. The van der Waals surface area contributed by atoms with Crippen molar-refractivity contribution in [1.82, 2.24) is 4.90 Å². The SMILES string of the molecule is C[C@@H](N)c1ccc(N2CCN(CC(C)(C)O)CC2)c(F)c1. The fourth-order valence-corrected chi connectivity index (χ4v) is 2.76. The van der Waals surface area contributed by atoms with Gasteiger partial charge in [0, 0.05) is 38.8 Å². The van der Waals surface area contributed by atoms with Crippen LogP contribution >= 0.6 is 0 Å². The Morgan fingerprint density at radius 3 is 2.38 bits per heavy atom. The Morgan fingerprint density at radius 1 is 1.29 bits per heavy atom. The molecule has 21 heavy (non-hydrogen) atoms. The molecule has 0 amide bonds. The molecule has 118 valence electrons. The number of hydrogen-bond donors (Lipinski definition) is 2. The van der Waals surface area contributed by atoms with Crippen molar-refractivity contribution < 1.29 is 9.50 Å². The fraction of sp³-hybridized carbons (Fsp3) is 0.625. The third kappa shape index (κ3) is 4.40. The van der Waals surface area contributed by atoms with Crippen LogP contribution < -0.4 is 10.6 Å². The van der Waals surface area contributed by atoms with Gasteiger partial charge in [-0.15, -0.1) is 0 Å². The van der Waals surface area contributed by atoms with Crippen LogP contribution in [0, 0.1) is 5.82 Å². The average Bonchev–Trinajstić information content (AvgIpc) is 2.38. The van der Waals surface area contributed by atoms with Crippen LogP contribution in [0.4, 0.5) is 10.1 Å². The number of halogens is 1. The van der Waals surface area contributed by atoms with Crippen LogP contribution in [0.1, 0.15) is 32.4 Å². The van der Waals surface area contributed by atoms with E-state index in [-0.39, 0.29) is 11.9 Å². The summed E-state index contributed by atoms with van der Waals surface area (Å²) in [6.45, 7) is 9.32. The Balaban J connectivity index is 1.99. The summed E-state index contributed by atoms with van der Waals surface area (Å²) >= 11 is 0. The first kappa shape index (κ1) is 16.2. The van der Waals surface area contributed by atoms with Gasteiger partial charge in [0.1, 0.15) is 5.82 Å². The monoisotopic (exact) mass is 295 g/mol. The molecule has 1 heterocycles. The molecular formula is C16H26FN3O. The number of benzene rings is 1. The van der Waals surface area contributed by atoms with Gasteiger partial charge in [0.2, 0.25) is 0 Å². The first-order valence-electron chi connectivity index (χ1n) is 7.51. The third-order valence-electron chi connectivity index (χ3n) is 3.82. The molecule has 1 aliphatic rings. The molecule has 1 atom stereocenters. The lowest BCUT2D eigenvalue weighted by molar-refractivity contribution is 0.0344. The molecule has 0 spiro atoms. The van der Waals surface area contributed by atoms with Gasteiger partial charge in [0.15, 0.2) is 0 Å². The number of piperazine rings is 1. The molecule has 5 heteroatoms. The summed E-state index contributed by atoms with van der Waals surface area (Å²) in [6, 6.07) is 5.09. The Morgan fingerprint density at radius 2 is 1.90 bits per heavy atom. The zero-order valence-corrected chi connectivity index (χ0v) is 13.1. The lowest BCUT2D eigenvalue weighted by Crippen LogP contribution is -2.50. The van der Waals surface area contributed by atoms with Crippen LogP contribution in [-0.2, 0) is 0 Å². The minimum absolute atomic E-state index is 0.155. The number of nitrogens with two attached hydrogens (primary N) is 1. The normalized spacial score (nSPS) is 18.9. The van der Waals surface area contributed by atoms with Crippen molar-refractivity contribution in [2.24, 2.45) is 5.73 Å². The smallest absolute Gasteiger partial charge is 0.146 e. The molecule has 1 aliphatic heterocycles. The van der Waals surface area contributed by atoms with E-state index in [0.29, 0.717) is 12.2 Å². The van der Waals surface area contributed by atoms with Gasteiger partial charge < -0.3 is 15.7 Å². The lowest BCUT2D eigenvalue weighted by atomic mass is 10.1. The summed E-state index contributed by atoms with van der Waals surface area (Å²) in [7, 11) is 0. The van der Waals surface area contributed by atoms with Gasteiger partial charge in [-0.05, 0) is 38.5 Å². The van der Waals surface area contributed by atoms with Crippen molar-refractivity contribution in [2.45, 2.75) is 32.4 Å². The number of aliphatic hydroxyl groups is 1. The van der Waals surface area contributed by atoms with Gasteiger partial charge in [-0.3, -0.25) is 4.90 Å². The van der Waals surface area contributed by atoms with Crippen molar-refractivity contribution in [2.75, 3.05) is 37.6 Å². The zero-order valence-electron chi connectivity index (χ0n) is 13.1. The quantitative estimate of drug-likeness (QED) is 0.888. The third-order valence-corrected chi connectivity index (χ3v) is 3.82. The topological polar surface area (TPSA) is 52.7 Å². The van der Waals surface area contributed by atoms with Crippen LogP contribution in [0.25, 0.3) is 0 Å². The number of hydrogen-bond acceptors (Lipinski definition) is 4. The maximum atomic E-state index is 14.2. The van der Waals surface area contributed by atoms with E-state index in [4.69, 9.17) is 5.73 Å². The molecule has 1 aromatic carbocycles. The standard InChI is InChI=1S/C16H26FN3O/c1-12(18)13-4-5-15(14(17)10-13)20-8-6-19(7-9-20)11-16(2,3)21/h4-5,10,12,21H,6-9,11,18H2,1-3H3/t12-/m1/s1. The molecule has 2 rings (SSSR count). The van der Waals surface area contributed by atoms with Gasteiger partial charge in [0.05, 0.1) is 11.3 Å². The average molecular weight is 295 g/mol. The molecule has 0 aromatic heterocycles. The minimum atomic E-state index is -0.688. The van der Waals surface area contributed by atoms with Crippen molar-refractivity contribution in [3.63, 3.8) is 0 Å². The van der Waals surface area contributed by atoms with E-state index in [1.54, 1.807) is 0 Å². The summed E-state index contributed by atoms with van der Waals surface area (Å²) in [4.78, 5) is 4.27. The first-order valence-corrected chi connectivity index (χ1v) is 7.51. The molecule has 0 aliphatic carbocycles. The fourth-order valence-electron chi connectivity index (χ4n) is 2.76. The van der Waals surface area contributed by atoms with Crippen LogP contribution in [0.5, 0.6) is 0 Å². The summed E-state index contributed by atoms with van der Waals surface area (Å²) in [5.41, 5.74) is 6.55. The van der Waals surface area contributed by atoms with Gasteiger partial charge in [-0.1, -0.05) is 6.07 Å². The highest BCUT2D eigenvalue weighted by atomic mass is 19.1. The van der Waals surface area contributed by atoms with Crippen molar-refractivity contribution in [3.8, 4) is 0 Å². The van der Waals surface area contributed by atoms with Crippen LogP contribution in [0.15, 0.2) is 18.2 Å². The second-order valence-corrected chi connectivity index (χ2v) is 6.58. The number of rotatable bonds is 4. The Hall–Kier alpha value is -1.17. The van der Waals surface area contributed by atoms with E-state index in [2.05, 4.69) is 9.80 Å². The van der Waals surface area contributed by atoms with E-state index < -0.39 is 5.60 Å². The highest BCUT2D eigenvalue weighted by molar-refractivity contribution is 5.50. The number of anilines is 1. The summed E-state index contributed by atoms with van der Waals surface area (Å²) in [5.74, 6) is -0.208. The van der Waals surface area contributed by atoms with Gasteiger partial charge in [-0.25, -0.2) is 4.39 Å². The Kier molecular flexibility index (Phi) is 4.86. The van der Waals surface area contributed by atoms with Crippen LogP contribution in [-0.4, -0.2) is 48.3 Å². The first-order chi connectivity index (χ1) is 9.76. The van der Waals surface area contributed by atoms with E-state index in [9.17, 15) is 9.50 Å². The van der Waals surface area contributed by atoms with Crippen molar-refractivity contribution in [1.29, 1.82) is 0 Å². The maximum Gasteiger partial charge on any atom is 0.146 e. The number of β-amino-alcohol motifs (C(OH)–C–C–N with tert-alkyl or cyclic N) is 1. The Labute approximate surface area is 126 Å². The predicted octanol–water partition coefficient (Wildman–Crippen LogP) is 1.74. The van der Waals surface area contributed by atoms with E-state index in [1.165, 1.54) is 6.07 Å². The molecular weight excluding hydrogens is 269 g/mol. The molecule has 0 bridgehead atoms. The van der Waals surface area contributed by atoms with Gasteiger partial charge in [0.25, 0.3) is 0 Å². The summed E-state index contributed by atoms with van der Waals surface area (Å²) in [6.07, 6.45) is 0. The zero-order chi connectivity index (χ0) is 15.6. The molecule has 1 saturated heterocycles. The molecule has 1 fully saturated rings. The van der Waals surface area contributed by atoms with Crippen molar-refractivity contribution in [3.05, 3.63) is 29.6 Å². The predicted molar refractivity (Wildman–Crippen MR) is 84.0 cm³/mol. The van der Waals surface area contributed by atoms with E-state index in [1.807, 2.05) is 32.9 Å². The highest BCUT2D eigenvalue weighted by Gasteiger charge is 2.24. The largest absolute Gasteiger partial charge is 0.389 e. The number of nitrogens with zero attached hydrogens (tertiary/aromatic N) is 2. The maximum absolute atomic E-state index is 14.2. The molecule has 0 saturated carbocycles. The van der Waals surface area contributed by atoms with Gasteiger partial charge in [-0.2, -0.15) is 0 Å². The highest BCUT2D eigenvalue weighted by Crippen LogP contribution is 2.24. The summed E-state index contributed by atoms with van der Waals surface area (Å²) < 4.78 is 14.2. The van der Waals surface area contributed by atoms with Gasteiger partial charge >= 0.3 is 0 Å². The second-order valence-electron chi connectivity index (χ2n) is 6.58. The molecule has 0 unspecified atom stereocenters. The molecule has 1 aromatic rings.